The number of aryl methyl sites for hydroxylation is 1. The summed E-state index contributed by atoms with van der Waals surface area (Å²) in [6.07, 6.45) is 0. The second kappa shape index (κ2) is 2.45. The van der Waals surface area contributed by atoms with E-state index in [0.29, 0.717) is 0 Å². The fourth-order valence-corrected chi connectivity index (χ4v) is 1.57. The Bertz CT molecular complexity index is 431. The first-order chi connectivity index (χ1) is 5.68. The highest BCUT2D eigenvalue weighted by atomic mass is 32.1. The number of nitrogens with zero attached hydrogens (tertiary/aromatic N) is 1. The maximum Gasteiger partial charge on any atom is 0.104 e. The van der Waals surface area contributed by atoms with Crippen LogP contribution in [0.5, 0.6) is 0 Å². The van der Waals surface area contributed by atoms with Gasteiger partial charge in [-0.1, -0.05) is 0 Å². The Morgan fingerprint density at radius 3 is 2.83 bits per heavy atom. The molecule has 62 valence electrons. The SMILES string of the molecule is Cn1c(N)cc2cc(S)ccc21. The number of rotatable bonds is 0. The number of nitrogens with two attached hydrogens (primary N) is 1. The van der Waals surface area contributed by atoms with Crippen molar-refractivity contribution in [3.05, 3.63) is 24.3 Å². The molecule has 0 aliphatic heterocycles. The van der Waals surface area contributed by atoms with Crippen molar-refractivity contribution >= 4 is 29.3 Å². The Labute approximate surface area is 76.4 Å². The zero-order valence-electron chi connectivity index (χ0n) is 6.78. The van der Waals surface area contributed by atoms with Crippen LogP contribution in [0.4, 0.5) is 5.82 Å². The molecular formula is C9H10N2S. The Morgan fingerprint density at radius 1 is 1.33 bits per heavy atom. The van der Waals surface area contributed by atoms with Gasteiger partial charge in [-0.2, -0.15) is 0 Å². The molecule has 0 saturated carbocycles. The lowest BCUT2D eigenvalue weighted by Crippen LogP contribution is -1.94. The Balaban J connectivity index is 2.87. The van der Waals surface area contributed by atoms with E-state index in [9.17, 15) is 0 Å². The van der Waals surface area contributed by atoms with Crippen LogP contribution in [0, 0.1) is 0 Å². The van der Waals surface area contributed by atoms with Crippen molar-refractivity contribution in [1.82, 2.24) is 4.57 Å². The average molecular weight is 178 g/mol. The second-order valence-corrected chi connectivity index (χ2v) is 3.39. The van der Waals surface area contributed by atoms with Gasteiger partial charge in [0.1, 0.15) is 5.82 Å². The third-order valence-corrected chi connectivity index (χ3v) is 2.34. The van der Waals surface area contributed by atoms with Gasteiger partial charge < -0.3 is 10.3 Å². The first-order valence-electron chi connectivity index (χ1n) is 3.72. The van der Waals surface area contributed by atoms with Crippen LogP contribution in [0.25, 0.3) is 10.9 Å². The van der Waals surface area contributed by atoms with Crippen LogP contribution >= 0.6 is 12.6 Å². The maximum absolute atomic E-state index is 5.74. The number of hydrogen-bond donors (Lipinski definition) is 2. The summed E-state index contributed by atoms with van der Waals surface area (Å²) < 4.78 is 1.96. The summed E-state index contributed by atoms with van der Waals surface area (Å²) in [5, 5.41) is 1.14. The number of hydrogen-bond acceptors (Lipinski definition) is 2. The average Bonchev–Trinajstić information content (AvgIpc) is 2.28. The van der Waals surface area contributed by atoms with Crippen molar-refractivity contribution in [1.29, 1.82) is 0 Å². The minimum absolute atomic E-state index is 0.781. The summed E-state index contributed by atoms with van der Waals surface area (Å²) in [5.74, 6) is 0.781. The molecule has 0 bridgehead atoms. The van der Waals surface area contributed by atoms with E-state index in [2.05, 4.69) is 12.6 Å². The van der Waals surface area contributed by atoms with Gasteiger partial charge in [0, 0.05) is 22.8 Å². The molecule has 0 spiro atoms. The van der Waals surface area contributed by atoms with E-state index < -0.39 is 0 Å². The maximum atomic E-state index is 5.74. The third kappa shape index (κ3) is 0.975. The Morgan fingerprint density at radius 2 is 2.08 bits per heavy atom. The van der Waals surface area contributed by atoms with Crippen molar-refractivity contribution in [2.45, 2.75) is 4.90 Å². The van der Waals surface area contributed by atoms with Gasteiger partial charge >= 0.3 is 0 Å². The van der Waals surface area contributed by atoms with Gasteiger partial charge in [0.2, 0.25) is 0 Å². The van der Waals surface area contributed by atoms with Crippen LogP contribution in [-0.2, 0) is 7.05 Å². The lowest BCUT2D eigenvalue weighted by atomic mass is 10.2. The largest absolute Gasteiger partial charge is 0.385 e. The molecule has 1 aromatic heterocycles. The molecule has 12 heavy (non-hydrogen) atoms. The molecule has 3 heteroatoms. The molecular weight excluding hydrogens is 168 g/mol. The van der Waals surface area contributed by atoms with Gasteiger partial charge in [0.25, 0.3) is 0 Å². The summed E-state index contributed by atoms with van der Waals surface area (Å²) in [6.45, 7) is 0. The molecule has 0 atom stereocenters. The van der Waals surface area contributed by atoms with Crippen LogP contribution in [0.15, 0.2) is 29.2 Å². The van der Waals surface area contributed by atoms with Gasteiger partial charge in [-0.15, -0.1) is 12.6 Å². The van der Waals surface area contributed by atoms with E-state index in [4.69, 9.17) is 5.73 Å². The lowest BCUT2D eigenvalue weighted by molar-refractivity contribution is 0.982. The highest BCUT2D eigenvalue weighted by Gasteiger charge is 2.01. The number of thiol groups is 1. The van der Waals surface area contributed by atoms with Crippen molar-refractivity contribution in [3.8, 4) is 0 Å². The normalized spacial score (nSPS) is 10.8. The van der Waals surface area contributed by atoms with Gasteiger partial charge in [0.15, 0.2) is 0 Å². The third-order valence-electron chi connectivity index (χ3n) is 2.06. The molecule has 2 aromatic rings. The summed E-state index contributed by atoms with van der Waals surface area (Å²) in [6, 6.07) is 7.95. The quantitative estimate of drug-likeness (QED) is 0.594. The second-order valence-electron chi connectivity index (χ2n) is 2.87. The van der Waals surface area contributed by atoms with Gasteiger partial charge in [-0.25, -0.2) is 0 Å². The number of fused-ring (bicyclic) bond motifs is 1. The Kier molecular flexibility index (Phi) is 1.54. The molecule has 0 unspecified atom stereocenters. The molecule has 0 radical (unpaired) electrons. The summed E-state index contributed by atoms with van der Waals surface area (Å²) in [4.78, 5) is 0.966. The number of aromatic nitrogens is 1. The molecule has 0 fully saturated rings. The van der Waals surface area contributed by atoms with E-state index >= 15 is 0 Å². The van der Waals surface area contributed by atoms with E-state index in [1.54, 1.807) is 0 Å². The predicted octanol–water partition coefficient (Wildman–Crippen LogP) is 2.05. The minimum Gasteiger partial charge on any atom is -0.385 e. The van der Waals surface area contributed by atoms with Crippen LogP contribution in [0.1, 0.15) is 0 Å². The van der Waals surface area contributed by atoms with Gasteiger partial charge in [-0.05, 0) is 24.3 Å². The molecule has 2 rings (SSSR count). The monoisotopic (exact) mass is 178 g/mol. The van der Waals surface area contributed by atoms with Crippen molar-refractivity contribution in [2.24, 2.45) is 7.05 Å². The van der Waals surface area contributed by atoms with Crippen molar-refractivity contribution in [2.75, 3.05) is 5.73 Å². The van der Waals surface area contributed by atoms with Gasteiger partial charge in [-0.3, -0.25) is 0 Å². The summed E-state index contributed by atoms with van der Waals surface area (Å²) in [7, 11) is 1.95. The zero-order chi connectivity index (χ0) is 8.72. The highest BCUT2D eigenvalue weighted by molar-refractivity contribution is 7.80. The zero-order valence-corrected chi connectivity index (χ0v) is 7.68. The summed E-state index contributed by atoms with van der Waals surface area (Å²) in [5.41, 5.74) is 6.88. The summed E-state index contributed by atoms with van der Waals surface area (Å²) >= 11 is 4.25. The molecule has 0 aliphatic rings. The number of nitrogen functional groups attached to an aromatic ring is 1. The minimum atomic E-state index is 0.781. The molecule has 2 N–H and O–H groups in total. The van der Waals surface area contributed by atoms with E-state index in [-0.39, 0.29) is 0 Å². The van der Waals surface area contributed by atoms with Crippen LogP contribution in [-0.4, -0.2) is 4.57 Å². The fraction of sp³-hybridized carbons (Fsp3) is 0.111. The molecule has 0 amide bonds. The van der Waals surface area contributed by atoms with Crippen LogP contribution in [0.2, 0.25) is 0 Å². The van der Waals surface area contributed by atoms with Crippen molar-refractivity contribution < 1.29 is 0 Å². The fourth-order valence-electron chi connectivity index (χ4n) is 1.36. The first kappa shape index (κ1) is 7.55. The van der Waals surface area contributed by atoms with E-state index in [0.717, 1.165) is 21.6 Å². The van der Waals surface area contributed by atoms with E-state index in [1.807, 2.05) is 35.9 Å². The standard InChI is InChI=1S/C9H10N2S/c1-11-8-3-2-7(12)4-6(8)5-9(11)10/h2-5,12H,10H2,1H3. The molecule has 1 heterocycles. The molecule has 1 aromatic carbocycles. The van der Waals surface area contributed by atoms with Crippen LogP contribution < -0.4 is 5.73 Å². The van der Waals surface area contributed by atoms with E-state index in [1.165, 1.54) is 0 Å². The highest BCUT2D eigenvalue weighted by Crippen LogP contribution is 2.22. The van der Waals surface area contributed by atoms with Crippen molar-refractivity contribution in [3.63, 3.8) is 0 Å². The Hall–Kier alpha value is -1.09. The smallest absolute Gasteiger partial charge is 0.104 e. The molecule has 2 nitrogen and oxygen atoms in total. The predicted molar refractivity (Wildman–Crippen MR) is 54.6 cm³/mol. The molecule has 0 saturated heterocycles. The number of benzene rings is 1. The number of anilines is 1. The van der Waals surface area contributed by atoms with Crippen LogP contribution in [0.3, 0.4) is 0 Å². The lowest BCUT2D eigenvalue weighted by Gasteiger charge is -1.97. The topological polar surface area (TPSA) is 30.9 Å². The van der Waals surface area contributed by atoms with Gasteiger partial charge in [0.05, 0.1) is 0 Å². The first-order valence-corrected chi connectivity index (χ1v) is 4.17. The molecule has 0 aliphatic carbocycles.